The Hall–Kier alpha value is -3.58. The van der Waals surface area contributed by atoms with E-state index in [1.807, 2.05) is 0 Å². The number of unbranched alkanes of at least 4 members (excludes halogenated alkanes) is 33. The molecular formula is C69H120O12. The highest BCUT2D eigenvalue weighted by Crippen LogP contribution is 2.27. The molecule has 0 radical (unpaired) electrons. The smallest absolute Gasteiger partial charge is 0.335 e. The van der Waals surface area contributed by atoms with Crippen LogP contribution in [0.3, 0.4) is 0 Å². The second-order valence-corrected chi connectivity index (χ2v) is 22.7. The molecule has 12 nitrogen and oxygen atoms in total. The van der Waals surface area contributed by atoms with Crippen molar-refractivity contribution in [2.24, 2.45) is 0 Å². The van der Waals surface area contributed by atoms with Gasteiger partial charge in [-0.3, -0.25) is 14.4 Å². The SMILES string of the molecule is CC/C=C\C/C=C\C/C=C\C/C=C\C/C=C\CCCCCC(=O)OCC(COC1OC(C(=O)O)C(O)C(O)C1OC(=O)CCCCCCCCCCCCCCCCCCCCC)OC(=O)CCCCCCCCCCCCCCC. The first-order valence-corrected chi connectivity index (χ1v) is 33.3. The van der Waals surface area contributed by atoms with Crippen LogP contribution in [0.25, 0.3) is 0 Å². The molecule has 1 heterocycles. The normalized spacial score (nSPS) is 18.1. The number of carbonyl (C=O) groups excluding carboxylic acids is 3. The van der Waals surface area contributed by atoms with E-state index in [2.05, 4.69) is 81.5 Å². The molecule has 468 valence electrons. The standard InChI is InChI=1S/C69H120O12/c1-4-7-10-13-16-19-22-25-27-29-31-33-35-38-40-43-46-49-52-55-61(70)77-58-60(79-62(71)56-53-50-47-44-41-37-24-21-18-15-12-9-6-3)59-78-69-67(65(74)64(73)66(81-69)68(75)76)80-63(72)57-54-51-48-45-42-39-36-34-32-30-28-26-23-20-17-14-11-8-5-2/h7,10,16,19,25,27,31,33,38,40,60,64-67,69,73-74H,4-6,8-9,11-15,17-18,20-24,26,28-30,32,34-37,39,41-59H2,1-3H3,(H,75,76)/b10-7-,19-16-,27-25-,33-31-,40-38-. The molecule has 1 aliphatic rings. The lowest BCUT2D eigenvalue weighted by Gasteiger charge is -2.40. The van der Waals surface area contributed by atoms with E-state index in [4.69, 9.17) is 23.7 Å². The molecule has 0 aromatic heterocycles. The van der Waals surface area contributed by atoms with Crippen LogP contribution < -0.4 is 0 Å². The van der Waals surface area contributed by atoms with Crippen LogP contribution >= 0.6 is 0 Å². The second kappa shape index (κ2) is 56.9. The van der Waals surface area contributed by atoms with E-state index in [1.165, 1.54) is 148 Å². The first-order valence-electron chi connectivity index (χ1n) is 33.3. The average Bonchev–Trinajstić information content (AvgIpc) is 3.45. The highest BCUT2D eigenvalue weighted by Gasteiger charge is 2.50. The summed E-state index contributed by atoms with van der Waals surface area (Å²) in [6.07, 6.45) is 58.9. The summed E-state index contributed by atoms with van der Waals surface area (Å²) in [7, 11) is 0. The molecule has 0 bridgehead atoms. The van der Waals surface area contributed by atoms with Crippen molar-refractivity contribution < 1.29 is 58.2 Å². The number of ether oxygens (including phenoxy) is 5. The Balaban J connectivity index is 2.64. The number of hydrogen-bond donors (Lipinski definition) is 3. The minimum absolute atomic E-state index is 0.0615. The van der Waals surface area contributed by atoms with Gasteiger partial charge >= 0.3 is 23.9 Å². The van der Waals surface area contributed by atoms with E-state index in [-0.39, 0.29) is 25.9 Å². The zero-order chi connectivity index (χ0) is 58.9. The van der Waals surface area contributed by atoms with Crippen molar-refractivity contribution in [3.63, 3.8) is 0 Å². The topological polar surface area (TPSA) is 175 Å². The molecular weight excluding hydrogens is 1020 g/mol. The summed E-state index contributed by atoms with van der Waals surface area (Å²) in [5, 5.41) is 31.6. The van der Waals surface area contributed by atoms with E-state index < -0.39 is 67.3 Å². The highest BCUT2D eigenvalue weighted by atomic mass is 16.7. The maximum atomic E-state index is 13.2. The van der Waals surface area contributed by atoms with Crippen molar-refractivity contribution in [2.45, 2.75) is 340 Å². The third kappa shape index (κ3) is 46.5. The number of carbonyl (C=O) groups is 4. The predicted octanol–water partition coefficient (Wildman–Crippen LogP) is 17.9. The fourth-order valence-corrected chi connectivity index (χ4v) is 10.0. The van der Waals surface area contributed by atoms with Crippen LogP contribution in [-0.4, -0.2) is 89.2 Å². The van der Waals surface area contributed by atoms with Crippen LogP contribution in [0.4, 0.5) is 0 Å². The van der Waals surface area contributed by atoms with Gasteiger partial charge in [0.25, 0.3) is 0 Å². The number of hydrogen-bond acceptors (Lipinski definition) is 11. The predicted molar refractivity (Wildman–Crippen MR) is 331 cm³/mol. The van der Waals surface area contributed by atoms with Crippen molar-refractivity contribution in [3.05, 3.63) is 60.8 Å². The summed E-state index contributed by atoms with van der Waals surface area (Å²) in [5.74, 6) is -3.13. The van der Waals surface area contributed by atoms with Crippen LogP contribution in [0.15, 0.2) is 60.8 Å². The van der Waals surface area contributed by atoms with Crippen LogP contribution in [-0.2, 0) is 42.9 Å². The van der Waals surface area contributed by atoms with Gasteiger partial charge in [0.15, 0.2) is 24.6 Å². The molecule has 0 aromatic rings. The van der Waals surface area contributed by atoms with Gasteiger partial charge in [-0.15, -0.1) is 0 Å². The van der Waals surface area contributed by atoms with Gasteiger partial charge in [-0.05, 0) is 64.2 Å². The van der Waals surface area contributed by atoms with E-state index in [0.717, 1.165) is 96.3 Å². The number of aliphatic hydroxyl groups excluding tert-OH is 2. The number of allylic oxidation sites excluding steroid dienone is 10. The average molecular weight is 1140 g/mol. The number of aliphatic carboxylic acids is 1. The van der Waals surface area contributed by atoms with Crippen molar-refractivity contribution in [3.8, 4) is 0 Å². The van der Waals surface area contributed by atoms with Gasteiger partial charge in [-0.25, -0.2) is 4.79 Å². The number of carboxylic acid groups (broad SMARTS) is 1. The Bertz CT molecular complexity index is 1640. The zero-order valence-corrected chi connectivity index (χ0v) is 51.8. The molecule has 1 rings (SSSR count). The minimum Gasteiger partial charge on any atom is -0.479 e. The maximum absolute atomic E-state index is 13.2. The first-order chi connectivity index (χ1) is 39.6. The molecule has 81 heavy (non-hydrogen) atoms. The van der Waals surface area contributed by atoms with Crippen molar-refractivity contribution in [2.75, 3.05) is 13.2 Å². The summed E-state index contributed by atoms with van der Waals surface area (Å²) in [6, 6.07) is 0. The molecule has 1 fully saturated rings. The third-order valence-electron chi connectivity index (χ3n) is 15.1. The van der Waals surface area contributed by atoms with E-state index in [0.29, 0.717) is 19.3 Å². The second-order valence-electron chi connectivity index (χ2n) is 22.7. The van der Waals surface area contributed by atoms with Gasteiger partial charge in [0.2, 0.25) is 0 Å². The van der Waals surface area contributed by atoms with Crippen molar-refractivity contribution >= 4 is 23.9 Å². The first kappa shape index (κ1) is 75.4. The fourth-order valence-electron chi connectivity index (χ4n) is 10.0. The molecule has 6 unspecified atom stereocenters. The maximum Gasteiger partial charge on any atom is 0.335 e. The summed E-state index contributed by atoms with van der Waals surface area (Å²) in [4.78, 5) is 51.3. The van der Waals surface area contributed by atoms with Gasteiger partial charge in [0.1, 0.15) is 18.8 Å². The van der Waals surface area contributed by atoms with Crippen LogP contribution in [0, 0.1) is 0 Å². The van der Waals surface area contributed by atoms with Gasteiger partial charge in [-0.2, -0.15) is 0 Å². The minimum atomic E-state index is -1.91. The molecule has 0 spiro atoms. The molecule has 0 saturated carbocycles. The Labute approximate surface area is 494 Å². The Kier molecular flexibility index (Phi) is 53.0. The number of aliphatic hydroxyl groups is 2. The van der Waals surface area contributed by atoms with Gasteiger partial charge < -0.3 is 39.0 Å². The lowest BCUT2D eigenvalue weighted by Crippen LogP contribution is -2.61. The Morgan fingerprint density at radius 2 is 0.778 bits per heavy atom. The Morgan fingerprint density at radius 1 is 0.420 bits per heavy atom. The van der Waals surface area contributed by atoms with Crippen LogP contribution in [0.2, 0.25) is 0 Å². The quantitative estimate of drug-likeness (QED) is 0.0228. The zero-order valence-electron chi connectivity index (χ0n) is 51.8. The largest absolute Gasteiger partial charge is 0.479 e. The molecule has 0 aliphatic carbocycles. The molecule has 1 saturated heterocycles. The number of esters is 3. The Morgan fingerprint density at radius 3 is 1.19 bits per heavy atom. The summed E-state index contributed by atoms with van der Waals surface area (Å²) in [5.41, 5.74) is 0. The number of carboxylic acids is 1. The molecule has 3 N–H and O–H groups in total. The van der Waals surface area contributed by atoms with Gasteiger partial charge in [0.05, 0.1) is 6.61 Å². The van der Waals surface area contributed by atoms with E-state index >= 15 is 0 Å². The number of rotatable bonds is 57. The third-order valence-corrected chi connectivity index (χ3v) is 15.1. The van der Waals surface area contributed by atoms with E-state index in [1.54, 1.807) is 0 Å². The molecule has 0 aromatic carbocycles. The van der Waals surface area contributed by atoms with Gasteiger partial charge in [0, 0.05) is 19.3 Å². The summed E-state index contributed by atoms with van der Waals surface area (Å²) in [6.45, 7) is 5.90. The van der Waals surface area contributed by atoms with Crippen LogP contribution in [0.5, 0.6) is 0 Å². The fraction of sp³-hybridized carbons (Fsp3) is 0.797. The van der Waals surface area contributed by atoms with Crippen molar-refractivity contribution in [1.29, 1.82) is 0 Å². The molecule has 6 atom stereocenters. The van der Waals surface area contributed by atoms with Gasteiger partial charge in [-0.1, -0.05) is 281 Å². The summed E-state index contributed by atoms with van der Waals surface area (Å²) >= 11 is 0. The molecule has 0 amide bonds. The van der Waals surface area contributed by atoms with Crippen LogP contribution in [0.1, 0.15) is 303 Å². The summed E-state index contributed by atoms with van der Waals surface area (Å²) < 4.78 is 28.5. The molecule has 1 aliphatic heterocycles. The highest BCUT2D eigenvalue weighted by molar-refractivity contribution is 5.74. The lowest BCUT2D eigenvalue weighted by atomic mass is 9.98. The monoisotopic (exact) mass is 1140 g/mol. The van der Waals surface area contributed by atoms with E-state index in [9.17, 15) is 34.5 Å². The molecule has 12 heteroatoms. The van der Waals surface area contributed by atoms with Crippen molar-refractivity contribution in [1.82, 2.24) is 0 Å². The lowest BCUT2D eigenvalue weighted by molar-refractivity contribution is -0.301.